The zero-order valence-corrected chi connectivity index (χ0v) is 13.5. The van der Waals surface area contributed by atoms with Crippen LogP contribution < -0.4 is 4.74 Å². The summed E-state index contributed by atoms with van der Waals surface area (Å²) in [5, 5.41) is 0.729. The van der Waals surface area contributed by atoms with Crippen LogP contribution in [-0.2, 0) is 0 Å². The van der Waals surface area contributed by atoms with Gasteiger partial charge in [0.2, 0.25) is 0 Å². The average molecular weight is 315 g/mol. The normalized spacial score (nSPS) is 17.5. The summed E-state index contributed by atoms with van der Waals surface area (Å²) in [7, 11) is 4.10. The highest BCUT2D eigenvalue weighted by Crippen LogP contribution is 2.26. The smallest absolute Gasteiger partial charge is 0.128 e. The van der Waals surface area contributed by atoms with Gasteiger partial charge >= 0.3 is 0 Å². The van der Waals surface area contributed by atoms with Crippen LogP contribution in [0.15, 0.2) is 53.5 Å². The van der Waals surface area contributed by atoms with Gasteiger partial charge in [0, 0.05) is 22.7 Å². The molecule has 0 fully saturated rings. The van der Waals surface area contributed by atoms with E-state index >= 15 is 0 Å². The van der Waals surface area contributed by atoms with Crippen molar-refractivity contribution in [3.63, 3.8) is 0 Å². The van der Waals surface area contributed by atoms with Crippen LogP contribution in [0.1, 0.15) is 11.1 Å². The third kappa shape index (κ3) is 3.32. The highest BCUT2D eigenvalue weighted by Gasteiger charge is 2.20. The van der Waals surface area contributed by atoms with Crippen LogP contribution in [0.2, 0.25) is 5.02 Å². The van der Waals surface area contributed by atoms with E-state index in [4.69, 9.17) is 21.3 Å². The molecule has 0 aromatic heterocycles. The molecule has 0 amide bonds. The third-order valence-corrected chi connectivity index (χ3v) is 3.83. The van der Waals surface area contributed by atoms with Crippen molar-refractivity contribution in [3.05, 3.63) is 64.7 Å². The summed E-state index contributed by atoms with van der Waals surface area (Å²) in [6.07, 6.45) is 0. The molecule has 1 unspecified atom stereocenters. The predicted molar refractivity (Wildman–Crippen MR) is 91.4 cm³/mol. The van der Waals surface area contributed by atoms with Crippen molar-refractivity contribution in [1.82, 2.24) is 4.90 Å². The Morgan fingerprint density at radius 2 is 1.86 bits per heavy atom. The van der Waals surface area contributed by atoms with Crippen LogP contribution in [0.3, 0.4) is 0 Å². The zero-order valence-electron chi connectivity index (χ0n) is 12.8. The van der Waals surface area contributed by atoms with Crippen molar-refractivity contribution >= 4 is 17.3 Å². The van der Waals surface area contributed by atoms with Gasteiger partial charge in [0.1, 0.15) is 12.4 Å². The van der Waals surface area contributed by atoms with Gasteiger partial charge in [0.05, 0.1) is 11.8 Å². The number of hydrogen-bond acceptors (Lipinski definition) is 3. The fourth-order valence-corrected chi connectivity index (χ4v) is 2.74. The van der Waals surface area contributed by atoms with Crippen LogP contribution in [0.5, 0.6) is 5.75 Å². The Morgan fingerprint density at radius 1 is 1.14 bits per heavy atom. The maximum Gasteiger partial charge on any atom is 0.128 e. The molecule has 1 aliphatic rings. The maximum atomic E-state index is 6.01. The molecule has 0 spiro atoms. The molecule has 3 rings (SSSR count). The number of likely N-dealkylation sites (N-methyl/N-ethyl adjacent to an activating group) is 1. The Hall–Kier alpha value is -1.84. The molecule has 22 heavy (non-hydrogen) atoms. The molecule has 1 aliphatic heterocycles. The molecule has 3 nitrogen and oxygen atoms in total. The Bertz CT molecular complexity index is 680. The van der Waals surface area contributed by atoms with Gasteiger partial charge in [0.15, 0.2) is 0 Å². The highest BCUT2D eigenvalue weighted by molar-refractivity contribution is 6.30. The molecule has 2 aromatic carbocycles. The van der Waals surface area contributed by atoms with E-state index in [1.165, 1.54) is 0 Å². The zero-order chi connectivity index (χ0) is 15.5. The topological polar surface area (TPSA) is 24.8 Å². The second-order valence-corrected chi connectivity index (χ2v) is 6.14. The summed E-state index contributed by atoms with van der Waals surface area (Å²) in [6, 6.07) is 16.0. The van der Waals surface area contributed by atoms with E-state index < -0.39 is 0 Å². The second kappa shape index (κ2) is 6.51. The second-order valence-electron chi connectivity index (χ2n) is 5.71. The minimum absolute atomic E-state index is 0.105. The number of benzene rings is 2. The predicted octanol–water partition coefficient (Wildman–Crippen LogP) is 3.50. The quantitative estimate of drug-likeness (QED) is 0.866. The first-order chi connectivity index (χ1) is 10.6. The molecule has 0 radical (unpaired) electrons. The Kier molecular flexibility index (Phi) is 4.46. The lowest BCUT2D eigenvalue weighted by atomic mass is 10.0. The van der Waals surface area contributed by atoms with Crippen LogP contribution >= 0.6 is 11.6 Å². The van der Waals surface area contributed by atoms with E-state index in [-0.39, 0.29) is 6.04 Å². The third-order valence-electron chi connectivity index (χ3n) is 3.58. The molecular weight excluding hydrogens is 296 g/mol. The average Bonchev–Trinajstić information content (AvgIpc) is 2.68. The summed E-state index contributed by atoms with van der Waals surface area (Å²) in [6.45, 7) is 1.44. The molecule has 0 saturated heterocycles. The van der Waals surface area contributed by atoms with Crippen molar-refractivity contribution in [2.45, 2.75) is 6.04 Å². The Balaban J connectivity index is 2.06. The van der Waals surface area contributed by atoms with Gasteiger partial charge in [-0.3, -0.25) is 4.99 Å². The fourth-order valence-electron chi connectivity index (χ4n) is 2.62. The first-order valence-corrected chi connectivity index (χ1v) is 7.72. The number of aliphatic imine (C=N–C) groups is 1. The molecule has 114 valence electrons. The van der Waals surface area contributed by atoms with E-state index in [0.717, 1.165) is 34.2 Å². The number of halogens is 1. The van der Waals surface area contributed by atoms with E-state index in [0.29, 0.717) is 6.61 Å². The van der Waals surface area contributed by atoms with E-state index in [1.807, 2.05) is 42.5 Å². The number of rotatable bonds is 3. The first-order valence-electron chi connectivity index (χ1n) is 7.34. The van der Waals surface area contributed by atoms with Crippen molar-refractivity contribution in [1.29, 1.82) is 0 Å². The van der Waals surface area contributed by atoms with Crippen molar-refractivity contribution < 1.29 is 4.74 Å². The molecule has 4 heteroatoms. The molecular formula is C18H19ClN2O. The number of nitrogens with zero attached hydrogens (tertiary/aromatic N) is 2. The lowest BCUT2D eigenvalue weighted by Gasteiger charge is -2.16. The highest BCUT2D eigenvalue weighted by atomic mass is 35.5. The van der Waals surface area contributed by atoms with E-state index in [1.54, 1.807) is 0 Å². The standard InChI is InChI=1S/C18H19ClN2O/c1-21(2)11-15-12-22-17-6-4-3-5-16(17)18(20-15)13-7-9-14(19)10-8-13/h3-10,15H,11-12H2,1-2H3. The van der Waals surface area contributed by atoms with Crippen molar-refractivity contribution in [2.75, 3.05) is 27.2 Å². The molecule has 0 saturated carbocycles. The van der Waals surface area contributed by atoms with Crippen molar-refractivity contribution in [2.24, 2.45) is 4.99 Å². The molecule has 2 aromatic rings. The van der Waals surface area contributed by atoms with E-state index in [2.05, 4.69) is 25.1 Å². The Labute approximate surface area is 136 Å². The van der Waals surface area contributed by atoms with Gasteiger partial charge < -0.3 is 9.64 Å². The van der Waals surface area contributed by atoms with Gasteiger partial charge in [-0.25, -0.2) is 0 Å². The van der Waals surface area contributed by atoms with E-state index in [9.17, 15) is 0 Å². The van der Waals surface area contributed by atoms with Gasteiger partial charge in [0.25, 0.3) is 0 Å². The summed E-state index contributed by atoms with van der Waals surface area (Å²) in [4.78, 5) is 7.10. The summed E-state index contributed by atoms with van der Waals surface area (Å²) >= 11 is 6.01. The van der Waals surface area contributed by atoms with Crippen molar-refractivity contribution in [3.8, 4) is 5.75 Å². The minimum atomic E-state index is 0.105. The van der Waals surface area contributed by atoms with Gasteiger partial charge in [-0.15, -0.1) is 0 Å². The number of hydrogen-bond donors (Lipinski definition) is 0. The largest absolute Gasteiger partial charge is 0.491 e. The van der Waals surface area contributed by atoms with Crippen LogP contribution in [0.25, 0.3) is 0 Å². The lowest BCUT2D eigenvalue weighted by molar-refractivity contribution is 0.258. The molecule has 0 bridgehead atoms. The van der Waals surface area contributed by atoms with Gasteiger partial charge in [-0.05, 0) is 38.4 Å². The van der Waals surface area contributed by atoms with Crippen LogP contribution in [0.4, 0.5) is 0 Å². The summed E-state index contributed by atoms with van der Waals surface area (Å²) in [5.74, 6) is 0.887. The number of ether oxygens (including phenoxy) is 1. The minimum Gasteiger partial charge on any atom is -0.491 e. The lowest BCUT2D eigenvalue weighted by Crippen LogP contribution is -2.29. The summed E-state index contributed by atoms with van der Waals surface area (Å²) < 4.78 is 5.97. The monoisotopic (exact) mass is 314 g/mol. The van der Waals surface area contributed by atoms with Crippen LogP contribution in [-0.4, -0.2) is 43.9 Å². The molecule has 0 aliphatic carbocycles. The van der Waals surface area contributed by atoms with Gasteiger partial charge in [-0.1, -0.05) is 35.9 Å². The molecule has 0 N–H and O–H groups in total. The van der Waals surface area contributed by atoms with Crippen LogP contribution in [0, 0.1) is 0 Å². The fraction of sp³-hybridized carbons (Fsp3) is 0.278. The number of para-hydroxylation sites is 1. The first kappa shape index (κ1) is 15.1. The molecule has 1 heterocycles. The SMILES string of the molecule is CN(C)CC1COc2ccccc2C(c2ccc(Cl)cc2)=N1. The summed E-state index contributed by atoms with van der Waals surface area (Å²) in [5.41, 5.74) is 3.06. The Morgan fingerprint density at radius 3 is 2.59 bits per heavy atom. The van der Waals surface area contributed by atoms with Gasteiger partial charge in [-0.2, -0.15) is 0 Å². The number of fused-ring (bicyclic) bond motifs is 1. The maximum absolute atomic E-state index is 6.01. The molecule has 1 atom stereocenters.